The molecular weight excluding hydrogens is 230 g/mol. The zero-order valence-electron chi connectivity index (χ0n) is 11.7. The number of methoxy groups -OCH3 is 1. The number of carbonyl (C=O) groups excluding carboxylic acids is 1. The van der Waals surface area contributed by atoms with Crippen molar-refractivity contribution in [1.82, 2.24) is 15.5 Å². The number of hydrogen-bond donors (Lipinski definition) is 2. The molecule has 1 saturated heterocycles. The highest BCUT2D eigenvalue weighted by molar-refractivity contribution is 5.77. The summed E-state index contributed by atoms with van der Waals surface area (Å²) in [4.78, 5) is 13.9. The highest BCUT2D eigenvalue weighted by atomic mass is 16.5. The van der Waals surface area contributed by atoms with Crippen LogP contribution < -0.4 is 10.6 Å². The summed E-state index contributed by atoms with van der Waals surface area (Å²) in [7, 11) is 3.72. The zero-order chi connectivity index (χ0) is 13.2. The summed E-state index contributed by atoms with van der Waals surface area (Å²) >= 11 is 0. The van der Waals surface area contributed by atoms with Crippen molar-refractivity contribution in [3.8, 4) is 0 Å². The van der Waals surface area contributed by atoms with Crippen molar-refractivity contribution < 1.29 is 9.53 Å². The molecule has 1 rings (SSSR count). The van der Waals surface area contributed by atoms with Crippen molar-refractivity contribution >= 4 is 5.91 Å². The van der Waals surface area contributed by atoms with Gasteiger partial charge < -0.3 is 15.4 Å². The fourth-order valence-corrected chi connectivity index (χ4v) is 2.30. The van der Waals surface area contributed by atoms with Crippen molar-refractivity contribution in [2.45, 2.75) is 31.7 Å². The van der Waals surface area contributed by atoms with E-state index in [4.69, 9.17) is 4.74 Å². The quantitative estimate of drug-likeness (QED) is 0.640. The Kier molecular flexibility index (Phi) is 7.96. The predicted octanol–water partition coefficient (Wildman–Crippen LogP) is 0.213. The lowest BCUT2D eigenvalue weighted by Crippen LogP contribution is -2.41. The van der Waals surface area contributed by atoms with Crippen LogP contribution in [0.15, 0.2) is 0 Å². The molecule has 2 N–H and O–H groups in total. The molecule has 0 aliphatic carbocycles. The Morgan fingerprint density at radius 3 is 3.06 bits per heavy atom. The lowest BCUT2D eigenvalue weighted by molar-refractivity contribution is -0.122. The molecule has 0 aromatic carbocycles. The third kappa shape index (κ3) is 6.33. The van der Waals surface area contributed by atoms with Crippen LogP contribution in [0.2, 0.25) is 0 Å². The second-order valence-electron chi connectivity index (χ2n) is 4.95. The van der Waals surface area contributed by atoms with Gasteiger partial charge in [-0.2, -0.15) is 0 Å². The van der Waals surface area contributed by atoms with Crippen LogP contribution in [0.5, 0.6) is 0 Å². The van der Waals surface area contributed by atoms with Gasteiger partial charge in [0.15, 0.2) is 0 Å². The molecule has 1 atom stereocenters. The van der Waals surface area contributed by atoms with E-state index in [0.717, 1.165) is 25.9 Å². The number of hydrogen-bond acceptors (Lipinski definition) is 4. The second-order valence-corrected chi connectivity index (χ2v) is 4.95. The Hall–Kier alpha value is -0.650. The summed E-state index contributed by atoms with van der Waals surface area (Å²) in [5, 5.41) is 6.32. The minimum absolute atomic E-state index is 0.116. The first-order valence-electron chi connectivity index (χ1n) is 6.90. The first-order valence-corrected chi connectivity index (χ1v) is 6.90. The minimum atomic E-state index is 0.116. The Balaban J connectivity index is 2.16. The molecule has 0 bridgehead atoms. The standard InChI is InChI=1S/C13H27N3O2/c1-16(12-5-3-7-14-9-6-12)11-13(17)15-8-4-10-18-2/h12,14H,3-11H2,1-2H3,(H,15,17). The monoisotopic (exact) mass is 257 g/mol. The fraction of sp³-hybridized carbons (Fsp3) is 0.923. The van der Waals surface area contributed by atoms with Crippen LogP contribution in [0.1, 0.15) is 25.7 Å². The summed E-state index contributed by atoms with van der Waals surface area (Å²) in [5.41, 5.74) is 0. The van der Waals surface area contributed by atoms with Crippen LogP contribution in [0, 0.1) is 0 Å². The van der Waals surface area contributed by atoms with Gasteiger partial charge >= 0.3 is 0 Å². The van der Waals surface area contributed by atoms with Gasteiger partial charge in [0.2, 0.25) is 5.91 Å². The minimum Gasteiger partial charge on any atom is -0.385 e. The van der Waals surface area contributed by atoms with Gasteiger partial charge in [0, 0.05) is 26.3 Å². The summed E-state index contributed by atoms with van der Waals surface area (Å²) in [6.07, 6.45) is 4.39. The highest BCUT2D eigenvalue weighted by Crippen LogP contribution is 2.11. The number of likely N-dealkylation sites (N-methyl/N-ethyl adjacent to an activating group) is 1. The van der Waals surface area contributed by atoms with Gasteiger partial charge in [0.05, 0.1) is 6.54 Å². The van der Waals surface area contributed by atoms with Gasteiger partial charge in [0.1, 0.15) is 0 Å². The maximum Gasteiger partial charge on any atom is 0.234 e. The Bertz CT molecular complexity index is 228. The Labute approximate surface area is 110 Å². The number of carbonyl (C=O) groups is 1. The third-order valence-electron chi connectivity index (χ3n) is 3.41. The van der Waals surface area contributed by atoms with Crippen LogP contribution in [0.3, 0.4) is 0 Å². The molecule has 0 saturated carbocycles. The first-order chi connectivity index (χ1) is 8.74. The SMILES string of the molecule is COCCCNC(=O)CN(C)C1CCCNCC1. The summed E-state index contributed by atoms with van der Waals surface area (Å²) in [5.74, 6) is 0.116. The average Bonchev–Trinajstić information content (AvgIpc) is 2.63. The Morgan fingerprint density at radius 1 is 1.44 bits per heavy atom. The van der Waals surface area contributed by atoms with E-state index in [2.05, 4.69) is 15.5 Å². The highest BCUT2D eigenvalue weighted by Gasteiger charge is 2.18. The van der Waals surface area contributed by atoms with Crippen LogP contribution >= 0.6 is 0 Å². The van der Waals surface area contributed by atoms with Gasteiger partial charge in [-0.25, -0.2) is 0 Å². The number of amides is 1. The molecule has 1 unspecified atom stereocenters. The van der Waals surface area contributed by atoms with Gasteiger partial charge in [-0.1, -0.05) is 0 Å². The van der Waals surface area contributed by atoms with Gasteiger partial charge in [0.25, 0.3) is 0 Å². The molecule has 0 radical (unpaired) electrons. The molecule has 1 aliphatic heterocycles. The molecule has 0 aromatic rings. The molecule has 106 valence electrons. The Morgan fingerprint density at radius 2 is 2.28 bits per heavy atom. The van der Waals surface area contributed by atoms with Gasteiger partial charge in [-0.3, -0.25) is 9.69 Å². The molecule has 5 heteroatoms. The topological polar surface area (TPSA) is 53.6 Å². The van der Waals surface area contributed by atoms with E-state index < -0.39 is 0 Å². The van der Waals surface area contributed by atoms with Crippen LogP contribution in [0.4, 0.5) is 0 Å². The second kappa shape index (κ2) is 9.30. The van der Waals surface area contributed by atoms with E-state index in [1.807, 2.05) is 7.05 Å². The number of ether oxygens (including phenoxy) is 1. The average molecular weight is 257 g/mol. The van der Waals surface area contributed by atoms with E-state index in [9.17, 15) is 4.79 Å². The molecular formula is C13H27N3O2. The maximum atomic E-state index is 11.7. The van der Waals surface area contributed by atoms with Gasteiger partial charge in [-0.05, 0) is 45.8 Å². The van der Waals surface area contributed by atoms with E-state index in [0.29, 0.717) is 25.7 Å². The normalized spacial score (nSPS) is 20.7. The molecule has 1 fully saturated rings. The number of rotatable bonds is 7. The number of nitrogens with zero attached hydrogens (tertiary/aromatic N) is 1. The molecule has 0 aromatic heterocycles. The van der Waals surface area contributed by atoms with Crippen LogP contribution in [0.25, 0.3) is 0 Å². The van der Waals surface area contributed by atoms with E-state index in [1.165, 1.54) is 12.8 Å². The molecule has 0 spiro atoms. The van der Waals surface area contributed by atoms with Crippen molar-refractivity contribution in [2.24, 2.45) is 0 Å². The molecule has 1 aliphatic rings. The smallest absolute Gasteiger partial charge is 0.234 e. The molecule has 5 nitrogen and oxygen atoms in total. The number of nitrogens with one attached hydrogen (secondary N) is 2. The molecule has 1 amide bonds. The van der Waals surface area contributed by atoms with E-state index in [1.54, 1.807) is 7.11 Å². The molecule has 1 heterocycles. The van der Waals surface area contributed by atoms with Crippen molar-refractivity contribution in [3.05, 3.63) is 0 Å². The fourth-order valence-electron chi connectivity index (χ4n) is 2.30. The van der Waals surface area contributed by atoms with Crippen molar-refractivity contribution in [3.63, 3.8) is 0 Å². The lowest BCUT2D eigenvalue weighted by Gasteiger charge is -2.26. The van der Waals surface area contributed by atoms with Crippen LogP contribution in [-0.4, -0.2) is 63.8 Å². The third-order valence-corrected chi connectivity index (χ3v) is 3.41. The van der Waals surface area contributed by atoms with Gasteiger partial charge in [-0.15, -0.1) is 0 Å². The lowest BCUT2D eigenvalue weighted by atomic mass is 10.1. The predicted molar refractivity (Wildman–Crippen MR) is 72.6 cm³/mol. The van der Waals surface area contributed by atoms with Crippen LogP contribution in [-0.2, 0) is 9.53 Å². The summed E-state index contributed by atoms with van der Waals surface area (Å²) in [6, 6.07) is 0.532. The van der Waals surface area contributed by atoms with Crippen molar-refractivity contribution in [2.75, 3.05) is 46.9 Å². The largest absolute Gasteiger partial charge is 0.385 e. The first kappa shape index (κ1) is 15.4. The zero-order valence-corrected chi connectivity index (χ0v) is 11.7. The van der Waals surface area contributed by atoms with Crippen molar-refractivity contribution in [1.29, 1.82) is 0 Å². The maximum absolute atomic E-state index is 11.7. The van der Waals surface area contributed by atoms with E-state index >= 15 is 0 Å². The molecule has 18 heavy (non-hydrogen) atoms. The van der Waals surface area contributed by atoms with E-state index in [-0.39, 0.29) is 5.91 Å². The summed E-state index contributed by atoms with van der Waals surface area (Å²) in [6.45, 7) is 4.06. The summed E-state index contributed by atoms with van der Waals surface area (Å²) < 4.78 is 4.95.